The van der Waals surface area contributed by atoms with Crippen LogP contribution in [-0.2, 0) is 12.8 Å². The molecule has 2 N–H and O–H groups in total. The normalized spacial score (nSPS) is 11.0. The summed E-state index contributed by atoms with van der Waals surface area (Å²) < 4.78 is 0. The average Bonchev–Trinajstić information content (AvgIpc) is 3.04. The Hall–Kier alpha value is -4.50. The van der Waals surface area contributed by atoms with Crippen LogP contribution in [-0.4, -0.2) is 27.2 Å². The summed E-state index contributed by atoms with van der Waals surface area (Å²) in [5.41, 5.74) is 13.0. The minimum atomic E-state index is 0.158. The highest BCUT2D eigenvalue weighted by molar-refractivity contribution is 5.58. The number of hydrogen-bond acceptors (Lipinski definition) is 3. The fraction of sp³-hybridized carbons (Fsp3) is 0.268. The van der Waals surface area contributed by atoms with Crippen LogP contribution in [0.15, 0.2) is 121 Å². The molecule has 0 amide bonds. The summed E-state index contributed by atoms with van der Waals surface area (Å²) in [4.78, 5) is 2.16. The third-order valence-electron chi connectivity index (χ3n) is 8.53. The predicted molar refractivity (Wildman–Crippen MR) is 191 cm³/mol. The first-order chi connectivity index (χ1) is 21.5. The van der Waals surface area contributed by atoms with Gasteiger partial charge in [0.25, 0.3) is 0 Å². The van der Waals surface area contributed by atoms with E-state index in [4.69, 9.17) is 0 Å². The van der Waals surface area contributed by atoms with Gasteiger partial charge >= 0.3 is 0 Å². The Balaban J connectivity index is 1.32. The molecule has 0 fully saturated rings. The molecule has 44 heavy (non-hydrogen) atoms. The van der Waals surface area contributed by atoms with Gasteiger partial charge in [-0.1, -0.05) is 84.9 Å². The summed E-state index contributed by atoms with van der Waals surface area (Å²) >= 11 is 0. The first-order valence-electron chi connectivity index (χ1n) is 16.0. The Morgan fingerprint density at radius 2 is 1.00 bits per heavy atom. The van der Waals surface area contributed by atoms with E-state index >= 15 is 0 Å². The summed E-state index contributed by atoms with van der Waals surface area (Å²) in [6.07, 6.45) is 4.40. The molecule has 3 heteroatoms. The van der Waals surface area contributed by atoms with Crippen LogP contribution in [0, 0.1) is 13.8 Å². The zero-order chi connectivity index (χ0) is 30.7. The van der Waals surface area contributed by atoms with E-state index in [-0.39, 0.29) is 5.92 Å². The first-order valence-corrected chi connectivity index (χ1v) is 16.0. The lowest BCUT2D eigenvalue weighted by atomic mass is 9.81. The fourth-order valence-corrected chi connectivity index (χ4v) is 6.05. The maximum atomic E-state index is 3.66. The van der Waals surface area contributed by atoms with E-state index in [1.165, 1.54) is 56.0 Å². The molecule has 0 atom stereocenters. The third-order valence-corrected chi connectivity index (χ3v) is 8.53. The van der Waals surface area contributed by atoms with Gasteiger partial charge in [-0.15, -0.1) is 0 Å². The van der Waals surface area contributed by atoms with Crippen LogP contribution in [0.2, 0.25) is 0 Å². The standard InChI is InChI=1S/C41H47N3/c1-31-29-36(42-27-11-17-33-13-7-5-8-14-33)21-25-39(31)41(35-19-23-38(24-20-35)44(3)4)40-26-22-37(30-32(40)2)43-28-12-18-34-15-9-6-10-16-34/h5-10,13-16,19-26,29-30,41-43H,11-12,17-18,27-28H2,1-4H3. The van der Waals surface area contributed by atoms with Crippen LogP contribution in [0.1, 0.15) is 57.7 Å². The summed E-state index contributed by atoms with van der Waals surface area (Å²) in [6.45, 7) is 6.43. The second-order valence-corrected chi connectivity index (χ2v) is 12.1. The maximum absolute atomic E-state index is 3.66. The van der Waals surface area contributed by atoms with Gasteiger partial charge in [-0.05, 0) is 115 Å². The topological polar surface area (TPSA) is 27.3 Å². The first kappa shape index (κ1) is 30.9. The molecule has 0 spiro atoms. The third kappa shape index (κ3) is 8.32. The highest BCUT2D eigenvalue weighted by Crippen LogP contribution is 2.38. The molecule has 0 aliphatic heterocycles. The van der Waals surface area contributed by atoms with Crippen molar-refractivity contribution in [1.29, 1.82) is 0 Å². The molecular weight excluding hydrogens is 534 g/mol. The lowest BCUT2D eigenvalue weighted by molar-refractivity contribution is 0.862. The van der Waals surface area contributed by atoms with Crippen molar-refractivity contribution >= 4 is 17.1 Å². The predicted octanol–water partition coefficient (Wildman–Crippen LogP) is 9.64. The Morgan fingerprint density at radius 3 is 1.41 bits per heavy atom. The molecule has 0 bridgehead atoms. The Bertz CT molecular complexity index is 1490. The van der Waals surface area contributed by atoms with Crippen molar-refractivity contribution in [2.45, 2.75) is 45.4 Å². The number of benzene rings is 5. The number of aryl methyl sites for hydroxylation is 4. The zero-order valence-corrected chi connectivity index (χ0v) is 26.8. The van der Waals surface area contributed by atoms with E-state index in [0.717, 1.165) is 38.8 Å². The molecule has 0 radical (unpaired) electrons. The molecule has 5 aromatic rings. The summed E-state index contributed by atoms with van der Waals surface area (Å²) in [7, 11) is 4.19. The van der Waals surface area contributed by atoms with E-state index in [0.29, 0.717) is 0 Å². The van der Waals surface area contributed by atoms with Crippen LogP contribution in [0.5, 0.6) is 0 Å². The van der Waals surface area contributed by atoms with Gasteiger partial charge in [0, 0.05) is 50.2 Å². The van der Waals surface area contributed by atoms with Crippen molar-refractivity contribution in [3.05, 3.63) is 160 Å². The second kappa shape index (κ2) is 15.3. The molecule has 0 aliphatic rings. The second-order valence-electron chi connectivity index (χ2n) is 12.1. The molecule has 0 aliphatic carbocycles. The van der Waals surface area contributed by atoms with Crippen molar-refractivity contribution in [2.24, 2.45) is 0 Å². The number of nitrogens with zero attached hydrogens (tertiary/aromatic N) is 1. The van der Waals surface area contributed by atoms with Gasteiger partial charge in [0.2, 0.25) is 0 Å². The van der Waals surface area contributed by atoms with Crippen LogP contribution in [0.25, 0.3) is 0 Å². The van der Waals surface area contributed by atoms with Gasteiger partial charge in [-0.25, -0.2) is 0 Å². The van der Waals surface area contributed by atoms with Gasteiger partial charge in [-0.3, -0.25) is 0 Å². The van der Waals surface area contributed by atoms with Crippen LogP contribution in [0.3, 0.4) is 0 Å². The van der Waals surface area contributed by atoms with Crippen molar-refractivity contribution < 1.29 is 0 Å². The molecule has 5 rings (SSSR count). The molecule has 0 aromatic heterocycles. The van der Waals surface area contributed by atoms with Crippen molar-refractivity contribution in [3.8, 4) is 0 Å². The van der Waals surface area contributed by atoms with Gasteiger partial charge in [0.05, 0.1) is 0 Å². The van der Waals surface area contributed by atoms with Crippen molar-refractivity contribution in [3.63, 3.8) is 0 Å². The number of nitrogens with one attached hydrogen (secondary N) is 2. The molecule has 0 heterocycles. The van der Waals surface area contributed by atoms with Gasteiger partial charge in [0.1, 0.15) is 0 Å². The number of hydrogen-bond donors (Lipinski definition) is 2. The van der Waals surface area contributed by atoms with Crippen LogP contribution >= 0.6 is 0 Å². The average molecular weight is 582 g/mol. The Morgan fingerprint density at radius 1 is 0.545 bits per heavy atom. The molecular formula is C41H47N3. The lowest BCUT2D eigenvalue weighted by Gasteiger charge is -2.25. The summed E-state index contributed by atoms with van der Waals surface area (Å²) in [6, 6.07) is 44.3. The highest BCUT2D eigenvalue weighted by Gasteiger charge is 2.21. The van der Waals surface area contributed by atoms with Crippen molar-refractivity contribution in [2.75, 3.05) is 42.7 Å². The minimum Gasteiger partial charge on any atom is -0.385 e. The van der Waals surface area contributed by atoms with Gasteiger partial charge < -0.3 is 15.5 Å². The molecule has 0 saturated carbocycles. The van der Waals surface area contributed by atoms with E-state index in [2.05, 4.69) is 165 Å². The van der Waals surface area contributed by atoms with Crippen molar-refractivity contribution in [1.82, 2.24) is 0 Å². The van der Waals surface area contributed by atoms with Crippen LogP contribution < -0.4 is 15.5 Å². The largest absolute Gasteiger partial charge is 0.385 e. The van der Waals surface area contributed by atoms with E-state index in [9.17, 15) is 0 Å². The molecule has 5 aromatic carbocycles. The zero-order valence-electron chi connectivity index (χ0n) is 26.8. The Kier molecular flexibility index (Phi) is 10.8. The highest BCUT2D eigenvalue weighted by atomic mass is 15.1. The molecule has 226 valence electrons. The van der Waals surface area contributed by atoms with Crippen LogP contribution in [0.4, 0.5) is 17.1 Å². The summed E-state index contributed by atoms with van der Waals surface area (Å²) in [5.74, 6) is 0.158. The quantitative estimate of drug-likeness (QED) is 0.101. The molecule has 0 saturated heterocycles. The SMILES string of the molecule is Cc1cc(NCCCc2ccccc2)ccc1C(c1ccc(N(C)C)cc1)c1ccc(NCCCc2ccccc2)cc1C. The monoisotopic (exact) mass is 581 g/mol. The molecule has 3 nitrogen and oxygen atoms in total. The maximum Gasteiger partial charge on any atom is 0.0361 e. The fourth-order valence-electron chi connectivity index (χ4n) is 6.05. The van der Waals surface area contributed by atoms with E-state index < -0.39 is 0 Å². The van der Waals surface area contributed by atoms with E-state index in [1.54, 1.807) is 0 Å². The number of anilines is 3. The summed E-state index contributed by atoms with van der Waals surface area (Å²) in [5, 5.41) is 7.32. The Labute approximate surface area is 265 Å². The molecule has 0 unspecified atom stereocenters. The smallest absolute Gasteiger partial charge is 0.0361 e. The van der Waals surface area contributed by atoms with Gasteiger partial charge in [-0.2, -0.15) is 0 Å². The number of rotatable bonds is 14. The van der Waals surface area contributed by atoms with E-state index in [1.807, 2.05) is 0 Å². The van der Waals surface area contributed by atoms with Gasteiger partial charge in [0.15, 0.2) is 0 Å². The lowest BCUT2D eigenvalue weighted by Crippen LogP contribution is -2.11. The minimum absolute atomic E-state index is 0.158.